The number of allylic oxidation sites excluding steroid dienone is 3. The van der Waals surface area contributed by atoms with Gasteiger partial charge in [0.2, 0.25) is 0 Å². The van der Waals surface area contributed by atoms with Gasteiger partial charge in [0.05, 0.1) is 0 Å². The highest BCUT2D eigenvalue weighted by Crippen LogP contribution is 2.27. The van der Waals surface area contributed by atoms with E-state index in [0.29, 0.717) is 11.7 Å². The quantitative estimate of drug-likeness (QED) is 0.648. The van der Waals surface area contributed by atoms with E-state index < -0.39 is 0 Å². The molecular formula is C20H30O. The minimum absolute atomic E-state index is 0.399. The van der Waals surface area contributed by atoms with Crippen LogP contribution in [0.2, 0.25) is 0 Å². The van der Waals surface area contributed by atoms with Crippen molar-refractivity contribution in [3.8, 4) is 5.75 Å². The van der Waals surface area contributed by atoms with Crippen molar-refractivity contribution in [2.45, 2.75) is 59.8 Å². The molecule has 0 fully saturated rings. The van der Waals surface area contributed by atoms with Gasteiger partial charge in [-0.3, -0.25) is 0 Å². The molecule has 1 aliphatic carbocycles. The first-order chi connectivity index (χ1) is 9.81. The summed E-state index contributed by atoms with van der Waals surface area (Å²) in [5.74, 6) is 1.58. The molecule has 1 aromatic carbocycles. The number of hydrogen-bond acceptors (Lipinski definition) is 1. The van der Waals surface area contributed by atoms with Crippen LogP contribution in [0.25, 0.3) is 0 Å². The lowest BCUT2D eigenvalue weighted by molar-refractivity contribution is 0.464. The fourth-order valence-corrected chi connectivity index (χ4v) is 2.55. The molecule has 0 heterocycles. The van der Waals surface area contributed by atoms with Gasteiger partial charge in [-0.2, -0.15) is 0 Å². The molecule has 1 unspecified atom stereocenters. The Morgan fingerprint density at radius 2 is 1.95 bits per heavy atom. The summed E-state index contributed by atoms with van der Waals surface area (Å²) in [6.07, 6.45) is 6.17. The Kier molecular flexibility index (Phi) is 6.74. The minimum atomic E-state index is 0.399. The molecule has 1 nitrogen and oxygen atoms in total. The molecule has 1 aliphatic rings. The smallest absolute Gasteiger partial charge is 0.119 e. The predicted octanol–water partition coefficient (Wildman–Crippen LogP) is 6.13. The molecule has 0 aromatic heterocycles. The average Bonchev–Trinajstić information content (AvgIpc) is 2.39. The zero-order valence-corrected chi connectivity index (χ0v) is 14.2. The molecule has 1 N–H and O–H groups in total. The van der Waals surface area contributed by atoms with Gasteiger partial charge in [0, 0.05) is 0 Å². The van der Waals surface area contributed by atoms with Crippen LogP contribution in [0.5, 0.6) is 5.75 Å². The summed E-state index contributed by atoms with van der Waals surface area (Å²) < 4.78 is 0. The Morgan fingerprint density at radius 1 is 1.29 bits per heavy atom. The van der Waals surface area contributed by atoms with Crippen LogP contribution < -0.4 is 0 Å². The first-order valence-electron chi connectivity index (χ1n) is 7.91. The van der Waals surface area contributed by atoms with E-state index in [2.05, 4.69) is 40.3 Å². The Hall–Kier alpha value is -1.50. The largest absolute Gasteiger partial charge is 0.508 e. The van der Waals surface area contributed by atoms with Crippen molar-refractivity contribution in [1.82, 2.24) is 0 Å². The van der Waals surface area contributed by atoms with E-state index in [1.807, 2.05) is 19.1 Å². The Balaban J connectivity index is 0.000000211. The van der Waals surface area contributed by atoms with E-state index in [1.165, 1.54) is 24.8 Å². The summed E-state index contributed by atoms with van der Waals surface area (Å²) in [6.45, 7) is 14.5. The van der Waals surface area contributed by atoms with Crippen LogP contribution in [0.15, 0.2) is 42.0 Å². The van der Waals surface area contributed by atoms with Gasteiger partial charge in [0.1, 0.15) is 5.75 Å². The molecule has 0 spiro atoms. The fraction of sp³-hybridized carbons (Fsp3) is 0.500. The number of aromatic hydroxyl groups is 1. The van der Waals surface area contributed by atoms with Crippen molar-refractivity contribution in [2.75, 3.05) is 0 Å². The summed E-state index contributed by atoms with van der Waals surface area (Å²) in [5.41, 5.74) is 5.03. The molecule has 2 rings (SSSR count). The zero-order valence-electron chi connectivity index (χ0n) is 14.2. The van der Waals surface area contributed by atoms with Gasteiger partial charge in [-0.15, -0.1) is 0 Å². The van der Waals surface area contributed by atoms with Crippen molar-refractivity contribution in [3.63, 3.8) is 0 Å². The number of aryl methyl sites for hydroxylation is 1. The van der Waals surface area contributed by atoms with Gasteiger partial charge in [-0.1, -0.05) is 49.8 Å². The molecule has 0 saturated heterocycles. The van der Waals surface area contributed by atoms with Gasteiger partial charge in [0.15, 0.2) is 0 Å². The summed E-state index contributed by atoms with van der Waals surface area (Å²) in [5, 5.41) is 9.46. The van der Waals surface area contributed by atoms with E-state index in [9.17, 15) is 5.11 Å². The Morgan fingerprint density at radius 3 is 2.38 bits per heavy atom. The number of phenolic OH excluding ortho intramolecular Hbond substituents is 1. The summed E-state index contributed by atoms with van der Waals surface area (Å²) in [7, 11) is 0. The van der Waals surface area contributed by atoms with Crippen molar-refractivity contribution >= 4 is 0 Å². The zero-order chi connectivity index (χ0) is 16.0. The standard InChI is InChI=1S/C10H14O.C10H16/c1-7(2)9-5-4-8(3)6-10(9)11;1-8(2)10-6-4-9(3)5-7-10/h4-7,11H,1-3H3;4,10H,1,5-7H2,2-3H3. The van der Waals surface area contributed by atoms with E-state index in [4.69, 9.17) is 0 Å². The van der Waals surface area contributed by atoms with Crippen LogP contribution in [0.4, 0.5) is 0 Å². The SMILES string of the molecule is C=C(C)C1CC=C(C)CC1.Cc1ccc(C(C)C)c(O)c1. The molecule has 116 valence electrons. The Labute approximate surface area is 130 Å². The van der Waals surface area contributed by atoms with E-state index in [1.54, 1.807) is 11.6 Å². The third-order valence-corrected chi connectivity index (χ3v) is 4.14. The van der Waals surface area contributed by atoms with Gasteiger partial charge >= 0.3 is 0 Å². The summed E-state index contributed by atoms with van der Waals surface area (Å²) in [6, 6.07) is 5.81. The van der Waals surface area contributed by atoms with Gasteiger partial charge in [-0.25, -0.2) is 0 Å². The second-order valence-electron chi connectivity index (χ2n) is 6.59. The molecule has 0 saturated carbocycles. The summed E-state index contributed by atoms with van der Waals surface area (Å²) >= 11 is 0. The average molecular weight is 286 g/mol. The van der Waals surface area contributed by atoms with Crippen LogP contribution in [0.3, 0.4) is 0 Å². The predicted molar refractivity (Wildman–Crippen MR) is 92.8 cm³/mol. The first kappa shape index (κ1) is 17.6. The highest BCUT2D eigenvalue weighted by atomic mass is 16.3. The lowest BCUT2D eigenvalue weighted by Crippen LogP contribution is -2.04. The van der Waals surface area contributed by atoms with E-state index in [-0.39, 0.29) is 0 Å². The second kappa shape index (κ2) is 8.07. The first-order valence-corrected chi connectivity index (χ1v) is 7.91. The molecule has 0 radical (unpaired) electrons. The van der Waals surface area contributed by atoms with Crippen LogP contribution >= 0.6 is 0 Å². The molecule has 1 atom stereocenters. The molecule has 1 aromatic rings. The van der Waals surface area contributed by atoms with Crippen LogP contribution in [0.1, 0.15) is 64.0 Å². The van der Waals surface area contributed by atoms with E-state index in [0.717, 1.165) is 17.0 Å². The van der Waals surface area contributed by atoms with Crippen molar-refractivity contribution in [3.05, 3.63) is 53.1 Å². The van der Waals surface area contributed by atoms with Crippen molar-refractivity contribution in [1.29, 1.82) is 0 Å². The lowest BCUT2D eigenvalue weighted by Gasteiger charge is -2.19. The van der Waals surface area contributed by atoms with Crippen molar-refractivity contribution in [2.24, 2.45) is 5.92 Å². The Bertz CT molecular complexity index is 509. The maximum atomic E-state index is 9.46. The third kappa shape index (κ3) is 5.79. The van der Waals surface area contributed by atoms with Gasteiger partial charge < -0.3 is 5.11 Å². The molecule has 0 amide bonds. The normalized spacial score (nSPS) is 17.8. The minimum Gasteiger partial charge on any atom is -0.508 e. The second-order valence-corrected chi connectivity index (χ2v) is 6.59. The fourth-order valence-electron chi connectivity index (χ4n) is 2.55. The lowest BCUT2D eigenvalue weighted by atomic mass is 9.86. The highest BCUT2D eigenvalue weighted by Gasteiger charge is 2.11. The van der Waals surface area contributed by atoms with E-state index >= 15 is 0 Å². The van der Waals surface area contributed by atoms with Gasteiger partial charge in [0.25, 0.3) is 0 Å². The maximum absolute atomic E-state index is 9.46. The number of phenols is 1. The molecule has 0 aliphatic heterocycles. The molecule has 0 bridgehead atoms. The van der Waals surface area contributed by atoms with Gasteiger partial charge in [-0.05, 0) is 69.1 Å². The highest BCUT2D eigenvalue weighted by molar-refractivity contribution is 5.37. The number of benzene rings is 1. The van der Waals surface area contributed by atoms with Crippen LogP contribution in [-0.4, -0.2) is 5.11 Å². The van der Waals surface area contributed by atoms with Crippen molar-refractivity contribution < 1.29 is 5.11 Å². The monoisotopic (exact) mass is 286 g/mol. The molecular weight excluding hydrogens is 256 g/mol. The number of hydrogen-bond donors (Lipinski definition) is 1. The molecule has 21 heavy (non-hydrogen) atoms. The maximum Gasteiger partial charge on any atom is 0.119 e. The topological polar surface area (TPSA) is 20.2 Å². The van der Waals surface area contributed by atoms with Crippen LogP contribution in [-0.2, 0) is 0 Å². The third-order valence-electron chi connectivity index (χ3n) is 4.14. The summed E-state index contributed by atoms with van der Waals surface area (Å²) in [4.78, 5) is 0. The van der Waals surface area contributed by atoms with Crippen LogP contribution in [0, 0.1) is 12.8 Å². The number of rotatable bonds is 2. The molecule has 1 heteroatoms.